The van der Waals surface area contributed by atoms with Crippen molar-refractivity contribution in [2.75, 3.05) is 18.5 Å². The summed E-state index contributed by atoms with van der Waals surface area (Å²) in [4.78, 5) is 4.25. The molecule has 0 amide bonds. The first-order chi connectivity index (χ1) is 8.22. The molecular weight excluding hydrogens is 284 g/mol. The van der Waals surface area contributed by atoms with Crippen molar-refractivity contribution in [1.29, 1.82) is 0 Å². The maximum atomic E-state index is 9.28. The lowest BCUT2D eigenvalue weighted by Crippen LogP contribution is -2.23. The average molecular weight is 297 g/mol. The molecule has 4 nitrogen and oxygen atoms in total. The van der Waals surface area contributed by atoms with Crippen molar-refractivity contribution in [3.8, 4) is 0 Å². The number of aliphatic hydroxyl groups is 2. The predicted molar refractivity (Wildman–Crippen MR) is 71.0 cm³/mol. The molecule has 17 heavy (non-hydrogen) atoms. The number of rotatable bonds is 4. The van der Waals surface area contributed by atoms with Gasteiger partial charge in [-0.15, -0.1) is 0 Å². The van der Waals surface area contributed by atoms with Gasteiger partial charge < -0.3 is 15.5 Å². The van der Waals surface area contributed by atoms with Gasteiger partial charge in [0.25, 0.3) is 0 Å². The molecule has 1 heterocycles. The fourth-order valence-corrected chi connectivity index (χ4v) is 2.15. The number of aromatic nitrogens is 1. The molecule has 1 aromatic heterocycles. The van der Waals surface area contributed by atoms with Crippen LogP contribution in [0.4, 0.5) is 5.69 Å². The summed E-state index contributed by atoms with van der Waals surface area (Å²) >= 11 is 3.51. The highest BCUT2D eigenvalue weighted by Gasteiger charge is 2.07. The topological polar surface area (TPSA) is 65.4 Å². The second kappa shape index (κ2) is 5.44. The van der Waals surface area contributed by atoms with Gasteiger partial charge in [-0.25, -0.2) is 0 Å². The van der Waals surface area contributed by atoms with Gasteiger partial charge in [-0.2, -0.15) is 0 Å². The maximum absolute atomic E-state index is 9.28. The second-order valence-corrected chi connectivity index (χ2v) is 4.51. The van der Waals surface area contributed by atoms with Gasteiger partial charge in [0.15, 0.2) is 0 Å². The molecule has 0 aliphatic rings. The minimum atomic E-state index is -0.758. The van der Waals surface area contributed by atoms with Crippen LogP contribution in [0.2, 0.25) is 0 Å². The Hall–Kier alpha value is -1.17. The predicted octanol–water partition coefficient (Wildman–Crippen LogP) is 1.76. The van der Waals surface area contributed by atoms with Crippen LogP contribution < -0.4 is 5.32 Å². The van der Waals surface area contributed by atoms with Crippen LogP contribution in [0, 0.1) is 0 Å². The summed E-state index contributed by atoms with van der Waals surface area (Å²) in [5, 5.41) is 22.1. The van der Waals surface area contributed by atoms with E-state index in [1.165, 1.54) is 0 Å². The van der Waals surface area contributed by atoms with Gasteiger partial charge in [-0.3, -0.25) is 4.98 Å². The van der Waals surface area contributed by atoms with Crippen LogP contribution in [0.15, 0.2) is 34.9 Å². The highest BCUT2D eigenvalue weighted by atomic mass is 79.9. The zero-order chi connectivity index (χ0) is 12.3. The fourth-order valence-electron chi connectivity index (χ4n) is 1.55. The summed E-state index contributed by atoms with van der Waals surface area (Å²) in [6.07, 6.45) is 0.990. The van der Waals surface area contributed by atoms with E-state index in [2.05, 4.69) is 26.2 Å². The number of hydrogen-bond donors (Lipinski definition) is 3. The number of nitrogens with one attached hydrogen (secondary N) is 1. The molecule has 0 bridgehead atoms. The monoisotopic (exact) mass is 296 g/mol. The Balaban J connectivity index is 2.26. The van der Waals surface area contributed by atoms with Crippen molar-refractivity contribution in [2.45, 2.75) is 6.10 Å². The summed E-state index contributed by atoms with van der Waals surface area (Å²) in [7, 11) is 0. The van der Waals surface area contributed by atoms with Gasteiger partial charge in [-0.05, 0) is 34.1 Å². The summed E-state index contributed by atoms with van der Waals surface area (Å²) in [5.74, 6) is 0. The van der Waals surface area contributed by atoms with Gasteiger partial charge in [0, 0.05) is 23.8 Å². The molecule has 0 fully saturated rings. The van der Waals surface area contributed by atoms with E-state index in [1.54, 1.807) is 6.20 Å². The van der Waals surface area contributed by atoms with Crippen molar-refractivity contribution in [3.05, 3.63) is 34.9 Å². The van der Waals surface area contributed by atoms with E-state index >= 15 is 0 Å². The van der Waals surface area contributed by atoms with Crippen molar-refractivity contribution in [3.63, 3.8) is 0 Å². The Labute approximate surface area is 107 Å². The Kier molecular flexibility index (Phi) is 3.93. The zero-order valence-electron chi connectivity index (χ0n) is 9.10. The third-order valence-electron chi connectivity index (χ3n) is 2.46. The van der Waals surface area contributed by atoms with Crippen LogP contribution in [0.1, 0.15) is 0 Å². The standard InChI is InChI=1S/C12H13BrN2O2/c13-12-9-2-1-5-14-10(9)3-4-11(12)15-6-8(17)7-16/h1-5,8,15-17H,6-7H2. The van der Waals surface area contributed by atoms with Crippen molar-refractivity contribution < 1.29 is 10.2 Å². The molecule has 2 aromatic rings. The Morgan fingerprint density at radius 1 is 1.35 bits per heavy atom. The summed E-state index contributed by atoms with van der Waals surface area (Å²) in [5.41, 5.74) is 1.78. The molecule has 1 aromatic carbocycles. The molecule has 1 unspecified atom stereocenters. The first-order valence-electron chi connectivity index (χ1n) is 5.28. The first-order valence-corrected chi connectivity index (χ1v) is 6.07. The number of halogens is 1. The van der Waals surface area contributed by atoms with Crippen molar-refractivity contribution in [2.24, 2.45) is 0 Å². The zero-order valence-corrected chi connectivity index (χ0v) is 10.7. The summed E-state index contributed by atoms with van der Waals surface area (Å²) in [6.45, 7) is 0.0562. The molecule has 1 atom stereocenters. The minimum Gasteiger partial charge on any atom is -0.394 e. The van der Waals surface area contributed by atoms with Gasteiger partial charge in [0.1, 0.15) is 0 Å². The minimum absolute atomic E-state index is 0.250. The number of aliphatic hydroxyl groups excluding tert-OH is 2. The molecule has 0 radical (unpaired) electrons. The molecule has 5 heteroatoms. The Morgan fingerprint density at radius 3 is 2.94 bits per heavy atom. The number of fused-ring (bicyclic) bond motifs is 1. The summed E-state index contributed by atoms with van der Waals surface area (Å²) < 4.78 is 0.910. The Bertz CT molecular complexity index is 519. The molecule has 90 valence electrons. The number of hydrogen-bond acceptors (Lipinski definition) is 4. The molecule has 0 saturated carbocycles. The van der Waals surface area contributed by atoms with Crippen molar-refractivity contribution >= 4 is 32.5 Å². The second-order valence-electron chi connectivity index (χ2n) is 3.71. The summed E-state index contributed by atoms with van der Waals surface area (Å²) in [6, 6.07) is 7.65. The van der Waals surface area contributed by atoms with Gasteiger partial charge in [0.2, 0.25) is 0 Å². The SMILES string of the molecule is OCC(O)CNc1ccc2ncccc2c1Br. The number of benzene rings is 1. The highest BCUT2D eigenvalue weighted by molar-refractivity contribution is 9.10. The quantitative estimate of drug-likeness (QED) is 0.804. The third kappa shape index (κ3) is 2.74. The number of pyridine rings is 1. The third-order valence-corrected chi connectivity index (χ3v) is 3.31. The smallest absolute Gasteiger partial charge is 0.0942 e. The molecule has 0 aliphatic carbocycles. The lowest BCUT2D eigenvalue weighted by atomic mass is 10.2. The van der Waals surface area contributed by atoms with E-state index in [9.17, 15) is 5.11 Å². The number of nitrogens with zero attached hydrogens (tertiary/aromatic N) is 1. The van der Waals surface area contributed by atoms with Gasteiger partial charge in [-0.1, -0.05) is 6.07 Å². The van der Waals surface area contributed by atoms with E-state index < -0.39 is 6.10 Å². The van der Waals surface area contributed by atoms with Crippen molar-refractivity contribution in [1.82, 2.24) is 4.98 Å². The van der Waals surface area contributed by atoms with Crippen LogP contribution in [0.25, 0.3) is 10.9 Å². The van der Waals surface area contributed by atoms with Crippen LogP contribution in [-0.2, 0) is 0 Å². The first kappa shape index (κ1) is 12.3. The molecule has 0 spiro atoms. The molecule has 2 rings (SSSR count). The number of anilines is 1. The largest absolute Gasteiger partial charge is 0.394 e. The van der Waals surface area contributed by atoms with E-state index in [0.29, 0.717) is 6.54 Å². The van der Waals surface area contributed by atoms with E-state index in [-0.39, 0.29) is 6.61 Å². The van der Waals surface area contributed by atoms with Gasteiger partial charge in [0.05, 0.1) is 22.7 Å². The van der Waals surface area contributed by atoms with Crippen LogP contribution in [-0.4, -0.2) is 34.5 Å². The van der Waals surface area contributed by atoms with E-state index in [4.69, 9.17) is 5.11 Å². The Morgan fingerprint density at radius 2 is 2.18 bits per heavy atom. The van der Waals surface area contributed by atoms with Gasteiger partial charge >= 0.3 is 0 Å². The average Bonchev–Trinajstić information content (AvgIpc) is 2.38. The van der Waals surface area contributed by atoms with Crippen LogP contribution in [0.5, 0.6) is 0 Å². The van der Waals surface area contributed by atoms with Crippen LogP contribution >= 0.6 is 15.9 Å². The molecule has 0 saturated heterocycles. The fraction of sp³-hybridized carbons (Fsp3) is 0.250. The highest BCUT2D eigenvalue weighted by Crippen LogP contribution is 2.30. The lowest BCUT2D eigenvalue weighted by molar-refractivity contribution is 0.105. The maximum Gasteiger partial charge on any atom is 0.0942 e. The molecule has 0 aliphatic heterocycles. The molecule has 3 N–H and O–H groups in total. The molecular formula is C12H13BrN2O2. The van der Waals surface area contributed by atoms with E-state index in [0.717, 1.165) is 21.1 Å². The normalized spacial score (nSPS) is 12.6. The van der Waals surface area contributed by atoms with E-state index in [1.807, 2.05) is 24.3 Å². The lowest BCUT2D eigenvalue weighted by Gasteiger charge is -2.12. The van der Waals surface area contributed by atoms with Crippen LogP contribution in [0.3, 0.4) is 0 Å².